The molecular weight excluding hydrogens is 250 g/mol. The van der Waals surface area contributed by atoms with Gasteiger partial charge in [0.25, 0.3) is 0 Å². The van der Waals surface area contributed by atoms with E-state index in [-0.39, 0.29) is 0 Å². The maximum atomic E-state index is 6.18. The van der Waals surface area contributed by atoms with Crippen LogP contribution in [0.1, 0.15) is 19.4 Å². The van der Waals surface area contributed by atoms with Gasteiger partial charge in [0.1, 0.15) is 5.75 Å². The lowest BCUT2D eigenvalue weighted by Gasteiger charge is -2.11. The number of ether oxygens (including phenoxy) is 2. The summed E-state index contributed by atoms with van der Waals surface area (Å²) in [6.45, 7) is 7.24. The van der Waals surface area contributed by atoms with Gasteiger partial charge >= 0.3 is 0 Å². The predicted molar refractivity (Wildman–Crippen MR) is 75.4 cm³/mol. The monoisotopic (exact) mass is 271 g/mol. The third kappa shape index (κ3) is 5.71. The van der Waals surface area contributed by atoms with Gasteiger partial charge in [0.2, 0.25) is 0 Å². The molecule has 18 heavy (non-hydrogen) atoms. The normalized spacial score (nSPS) is 10.9. The standard InChI is InChI=1S/C14H22ClNO2/c1-11(2)10-18-14-5-4-12(8-13(14)15)9-16-6-7-17-3/h4-5,8,11,16H,6-7,9-10H2,1-3H3. The highest BCUT2D eigenvalue weighted by Gasteiger charge is 2.04. The smallest absolute Gasteiger partial charge is 0.137 e. The van der Waals surface area contributed by atoms with Crippen LogP contribution in [0, 0.1) is 5.92 Å². The molecule has 1 aromatic carbocycles. The van der Waals surface area contributed by atoms with Gasteiger partial charge in [0.15, 0.2) is 0 Å². The zero-order valence-corrected chi connectivity index (χ0v) is 12.1. The van der Waals surface area contributed by atoms with Crippen LogP contribution in [0.3, 0.4) is 0 Å². The molecule has 0 aromatic heterocycles. The van der Waals surface area contributed by atoms with Gasteiger partial charge in [0.05, 0.1) is 18.2 Å². The van der Waals surface area contributed by atoms with Gasteiger partial charge in [0, 0.05) is 20.2 Å². The molecule has 0 bridgehead atoms. The van der Waals surface area contributed by atoms with Crippen LogP contribution in [-0.4, -0.2) is 26.9 Å². The molecule has 0 amide bonds. The third-order valence-corrected chi connectivity index (χ3v) is 2.68. The number of rotatable bonds is 8. The maximum absolute atomic E-state index is 6.18. The number of halogens is 1. The average Bonchev–Trinajstić information content (AvgIpc) is 2.33. The Hall–Kier alpha value is -0.770. The summed E-state index contributed by atoms with van der Waals surface area (Å²) in [4.78, 5) is 0. The van der Waals surface area contributed by atoms with Gasteiger partial charge in [-0.25, -0.2) is 0 Å². The molecule has 0 saturated heterocycles. The molecule has 0 aliphatic heterocycles. The van der Waals surface area contributed by atoms with Crippen LogP contribution in [0.15, 0.2) is 18.2 Å². The highest BCUT2D eigenvalue weighted by atomic mass is 35.5. The van der Waals surface area contributed by atoms with E-state index in [1.165, 1.54) is 0 Å². The fourth-order valence-electron chi connectivity index (χ4n) is 1.43. The van der Waals surface area contributed by atoms with E-state index in [9.17, 15) is 0 Å². The summed E-state index contributed by atoms with van der Waals surface area (Å²) in [5.74, 6) is 1.25. The molecule has 4 heteroatoms. The summed E-state index contributed by atoms with van der Waals surface area (Å²) in [6.07, 6.45) is 0. The van der Waals surface area contributed by atoms with E-state index in [1.807, 2.05) is 18.2 Å². The molecule has 0 atom stereocenters. The highest BCUT2D eigenvalue weighted by molar-refractivity contribution is 6.32. The first kappa shape index (κ1) is 15.3. The summed E-state index contributed by atoms with van der Waals surface area (Å²) in [6, 6.07) is 5.90. The number of nitrogens with one attached hydrogen (secondary N) is 1. The van der Waals surface area contributed by atoms with Crippen molar-refractivity contribution in [1.29, 1.82) is 0 Å². The molecule has 0 radical (unpaired) electrons. The van der Waals surface area contributed by atoms with E-state index in [2.05, 4.69) is 19.2 Å². The second-order valence-corrected chi connectivity index (χ2v) is 5.05. The first-order valence-electron chi connectivity index (χ1n) is 6.24. The first-order valence-corrected chi connectivity index (χ1v) is 6.62. The van der Waals surface area contributed by atoms with E-state index < -0.39 is 0 Å². The van der Waals surface area contributed by atoms with Gasteiger partial charge in [-0.05, 0) is 23.6 Å². The fraction of sp³-hybridized carbons (Fsp3) is 0.571. The SMILES string of the molecule is COCCNCc1ccc(OCC(C)C)c(Cl)c1. The highest BCUT2D eigenvalue weighted by Crippen LogP contribution is 2.25. The van der Waals surface area contributed by atoms with Gasteiger partial charge in [-0.15, -0.1) is 0 Å². The quantitative estimate of drug-likeness (QED) is 0.737. The van der Waals surface area contributed by atoms with E-state index in [0.717, 1.165) is 24.4 Å². The molecule has 1 rings (SSSR count). The van der Waals surface area contributed by atoms with Gasteiger partial charge in [-0.1, -0.05) is 31.5 Å². The van der Waals surface area contributed by atoms with Crippen molar-refractivity contribution in [1.82, 2.24) is 5.32 Å². The summed E-state index contributed by atoms with van der Waals surface area (Å²) in [7, 11) is 1.69. The number of hydrogen-bond acceptors (Lipinski definition) is 3. The molecule has 0 unspecified atom stereocenters. The summed E-state index contributed by atoms with van der Waals surface area (Å²) < 4.78 is 10.6. The Morgan fingerprint density at radius 2 is 2.11 bits per heavy atom. The predicted octanol–water partition coefficient (Wildman–Crippen LogP) is 3.11. The second kappa shape index (κ2) is 8.35. The van der Waals surface area contributed by atoms with Crippen LogP contribution in [0.4, 0.5) is 0 Å². The van der Waals surface area contributed by atoms with E-state index in [4.69, 9.17) is 21.1 Å². The Morgan fingerprint density at radius 3 is 2.72 bits per heavy atom. The maximum Gasteiger partial charge on any atom is 0.137 e. The summed E-state index contributed by atoms with van der Waals surface area (Å²) >= 11 is 6.18. The van der Waals surface area contributed by atoms with Crippen LogP contribution in [0.25, 0.3) is 0 Å². The lowest BCUT2D eigenvalue weighted by Crippen LogP contribution is -2.18. The second-order valence-electron chi connectivity index (χ2n) is 4.64. The van der Waals surface area contributed by atoms with Crippen molar-refractivity contribution in [3.05, 3.63) is 28.8 Å². The molecule has 0 aliphatic carbocycles. The van der Waals surface area contributed by atoms with Crippen LogP contribution >= 0.6 is 11.6 Å². The Labute approximate surface area is 114 Å². The summed E-state index contributed by atoms with van der Waals surface area (Å²) in [5, 5.41) is 3.94. The summed E-state index contributed by atoms with van der Waals surface area (Å²) in [5.41, 5.74) is 1.15. The van der Waals surface area contributed by atoms with Crippen LogP contribution < -0.4 is 10.1 Å². The van der Waals surface area contributed by atoms with E-state index in [0.29, 0.717) is 24.2 Å². The van der Waals surface area contributed by atoms with Crippen molar-refractivity contribution >= 4 is 11.6 Å². The van der Waals surface area contributed by atoms with Crippen molar-refractivity contribution in [3.8, 4) is 5.75 Å². The fourth-order valence-corrected chi connectivity index (χ4v) is 1.69. The lowest BCUT2D eigenvalue weighted by molar-refractivity contribution is 0.199. The van der Waals surface area contributed by atoms with Gasteiger partial charge in [-0.2, -0.15) is 0 Å². The Kier molecular flexibility index (Phi) is 7.09. The van der Waals surface area contributed by atoms with Crippen molar-refractivity contribution in [2.24, 2.45) is 5.92 Å². The molecular formula is C14H22ClNO2. The lowest BCUT2D eigenvalue weighted by atomic mass is 10.2. The van der Waals surface area contributed by atoms with Crippen LogP contribution in [0.5, 0.6) is 5.75 Å². The topological polar surface area (TPSA) is 30.5 Å². The van der Waals surface area contributed by atoms with E-state index in [1.54, 1.807) is 7.11 Å². The van der Waals surface area contributed by atoms with Crippen molar-refractivity contribution in [3.63, 3.8) is 0 Å². The molecule has 0 saturated carbocycles. The molecule has 0 fully saturated rings. The third-order valence-electron chi connectivity index (χ3n) is 2.38. The van der Waals surface area contributed by atoms with E-state index >= 15 is 0 Å². The average molecular weight is 272 g/mol. The van der Waals surface area contributed by atoms with Gasteiger partial charge < -0.3 is 14.8 Å². The molecule has 102 valence electrons. The molecule has 1 aromatic rings. The van der Waals surface area contributed by atoms with Crippen LogP contribution in [-0.2, 0) is 11.3 Å². The molecule has 0 spiro atoms. The number of methoxy groups -OCH3 is 1. The Balaban J connectivity index is 2.46. The number of hydrogen-bond donors (Lipinski definition) is 1. The molecule has 0 aliphatic rings. The minimum absolute atomic E-state index is 0.497. The van der Waals surface area contributed by atoms with Crippen molar-refractivity contribution in [2.45, 2.75) is 20.4 Å². The first-order chi connectivity index (χ1) is 8.63. The van der Waals surface area contributed by atoms with Crippen molar-refractivity contribution in [2.75, 3.05) is 26.9 Å². The number of benzene rings is 1. The Morgan fingerprint density at radius 1 is 1.33 bits per heavy atom. The minimum atomic E-state index is 0.497. The molecule has 3 nitrogen and oxygen atoms in total. The van der Waals surface area contributed by atoms with Gasteiger partial charge in [-0.3, -0.25) is 0 Å². The largest absolute Gasteiger partial charge is 0.492 e. The molecule has 1 N–H and O–H groups in total. The molecule has 0 heterocycles. The van der Waals surface area contributed by atoms with Crippen molar-refractivity contribution < 1.29 is 9.47 Å². The zero-order valence-electron chi connectivity index (χ0n) is 11.3. The zero-order chi connectivity index (χ0) is 13.4. The van der Waals surface area contributed by atoms with Crippen LogP contribution in [0.2, 0.25) is 5.02 Å². The minimum Gasteiger partial charge on any atom is -0.492 e. The Bertz CT molecular complexity index is 356.